The molecule has 2 aliphatic rings. The lowest BCUT2D eigenvalue weighted by molar-refractivity contribution is -0.944. The van der Waals surface area contributed by atoms with E-state index in [2.05, 4.69) is 27.9 Å². The first kappa shape index (κ1) is 12.4. The molecule has 16 heavy (non-hydrogen) atoms. The van der Waals surface area contributed by atoms with Gasteiger partial charge >= 0.3 is 0 Å². The first-order valence-corrected chi connectivity index (χ1v) is 7.17. The predicted octanol–water partition coefficient (Wildman–Crippen LogP) is 2.10. The molecule has 0 bridgehead atoms. The van der Waals surface area contributed by atoms with Crippen LogP contribution in [0.3, 0.4) is 0 Å². The Labute approximate surface area is 101 Å². The molecular formula is C14H30N2+2. The van der Waals surface area contributed by atoms with Crippen LogP contribution in [0.5, 0.6) is 0 Å². The lowest BCUT2D eigenvalue weighted by atomic mass is 9.97. The zero-order chi connectivity index (χ0) is 11.8. The van der Waals surface area contributed by atoms with Crippen LogP contribution in [0, 0.1) is 5.92 Å². The minimum Gasteiger partial charge on any atom is -0.328 e. The van der Waals surface area contributed by atoms with Crippen LogP contribution in [0.4, 0.5) is 0 Å². The average molecular weight is 226 g/mol. The van der Waals surface area contributed by atoms with E-state index in [1.807, 2.05) is 0 Å². The zero-order valence-corrected chi connectivity index (χ0v) is 11.7. The van der Waals surface area contributed by atoms with Crippen molar-refractivity contribution < 1.29 is 8.97 Å². The Morgan fingerprint density at radius 3 is 2.19 bits per heavy atom. The Kier molecular flexibility index (Phi) is 3.33. The standard InChI is InChI=1S/C14H30N2/c1-5-16(9-6-7-10-16)13(2)14-8-11-15(3,4)12-14/h13-14H,5-12H2,1-4H3/q+2. The maximum Gasteiger partial charge on any atom is 0.0946 e. The fourth-order valence-electron chi connectivity index (χ4n) is 4.15. The molecule has 2 aliphatic heterocycles. The second-order valence-corrected chi connectivity index (χ2v) is 6.82. The summed E-state index contributed by atoms with van der Waals surface area (Å²) in [5.74, 6) is 0.966. The van der Waals surface area contributed by atoms with Crippen molar-refractivity contribution in [2.75, 3.05) is 46.8 Å². The fraction of sp³-hybridized carbons (Fsp3) is 1.00. The van der Waals surface area contributed by atoms with Crippen molar-refractivity contribution in [1.29, 1.82) is 0 Å². The molecule has 2 fully saturated rings. The molecule has 0 spiro atoms. The van der Waals surface area contributed by atoms with Crippen LogP contribution in [0.2, 0.25) is 0 Å². The molecule has 2 heteroatoms. The average Bonchev–Trinajstić information content (AvgIpc) is 2.84. The Balaban J connectivity index is 2.04. The van der Waals surface area contributed by atoms with Crippen LogP contribution in [0.25, 0.3) is 0 Å². The highest BCUT2D eigenvalue weighted by atomic mass is 15.4. The summed E-state index contributed by atoms with van der Waals surface area (Å²) in [7, 11) is 4.79. The number of rotatable bonds is 3. The minimum atomic E-state index is 0.896. The van der Waals surface area contributed by atoms with Gasteiger partial charge in [-0.15, -0.1) is 0 Å². The third-order valence-electron chi connectivity index (χ3n) is 5.47. The van der Waals surface area contributed by atoms with Crippen LogP contribution in [-0.2, 0) is 0 Å². The summed E-state index contributed by atoms with van der Waals surface area (Å²) in [6, 6.07) is 0.896. The van der Waals surface area contributed by atoms with Crippen molar-refractivity contribution in [3.8, 4) is 0 Å². The number of hydrogen-bond donors (Lipinski definition) is 0. The molecule has 0 aromatic carbocycles. The Hall–Kier alpha value is -0.0800. The Bertz CT molecular complexity index is 241. The van der Waals surface area contributed by atoms with Gasteiger partial charge in [0.25, 0.3) is 0 Å². The molecule has 0 aromatic heterocycles. The van der Waals surface area contributed by atoms with E-state index < -0.39 is 0 Å². The summed E-state index contributed by atoms with van der Waals surface area (Å²) in [6.07, 6.45) is 4.38. The highest BCUT2D eigenvalue weighted by Crippen LogP contribution is 2.33. The van der Waals surface area contributed by atoms with Crippen molar-refractivity contribution >= 4 is 0 Å². The van der Waals surface area contributed by atoms with E-state index >= 15 is 0 Å². The maximum absolute atomic E-state index is 2.53. The van der Waals surface area contributed by atoms with Crippen LogP contribution in [-0.4, -0.2) is 61.8 Å². The molecule has 2 saturated heterocycles. The van der Waals surface area contributed by atoms with Crippen molar-refractivity contribution in [3.05, 3.63) is 0 Å². The third kappa shape index (κ3) is 2.14. The molecule has 94 valence electrons. The Morgan fingerprint density at radius 1 is 1.12 bits per heavy atom. The third-order valence-corrected chi connectivity index (χ3v) is 5.47. The largest absolute Gasteiger partial charge is 0.328 e. The van der Waals surface area contributed by atoms with Crippen LogP contribution in [0.15, 0.2) is 0 Å². The number of hydrogen-bond acceptors (Lipinski definition) is 0. The Morgan fingerprint density at radius 2 is 1.75 bits per heavy atom. The summed E-state index contributed by atoms with van der Waals surface area (Å²) in [4.78, 5) is 0. The second kappa shape index (κ2) is 4.30. The zero-order valence-electron chi connectivity index (χ0n) is 11.7. The molecule has 0 amide bonds. The summed E-state index contributed by atoms with van der Waals surface area (Å²) in [5, 5.41) is 0. The van der Waals surface area contributed by atoms with E-state index in [4.69, 9.17) is 0 Å². The van der Waals surface area contributed by atoms with Crippen LogP contribution < -0.4 is 0 Å². The summed E-state index contributed by atoms with van der Waals surface area (Å²) < 4.78 is 2.67. The highest BCUT2D eigenvalue weighted by Gasteiger charge is 2.45. The van der Waals surface area contributed by atoms with Gasteiger partial charge in [0.15, 0.2) is 0 Å². The van der Waals surface area contributed by atoms with Crippen LogP contribution in [0.1, 0.15) is 33.1 Å². The van der Waals surface area contributed by atoms with Gasteiger partial charge in [0.05, 0.1) is 58.8 Å². The second-order valence-electron chi connectivity index (χ2n) is 6.82. The minimum absolute atomic E-state index is 0.896. The van der Waals surface area contributed by atoms with Gasteiger partial charge in [0.2, 0.25) is 0 Å². The van der Waals surface area contributed by atoms with Crippen molar-refractivity contribution in [2.45, 2.75) is 39.2 Å². The maximum atomic E-state index is 2.53. The van der Waals surface area contributed by atoms with E-state index in [9.17, 15) is 0 Å². The molecule has 2 unspecified atom stereocenters. The smallest absolute Gasteiger partial charge is 0.0946 e. The van der Waals surface area contributed by atoms with Crippen molar-refractivity contribution in [2.24, 2.45) is 5.92 Å². The molecule has 0 radical (unpaired) electrons. The lowest BCUT2D eigenvalue weighted by Gasteiger charge is -2.41. The van der Waals surface area contributed by atoms with Gasteiger partial charge in [0.1, 0.15) is 0 Å². The molecule has 0 aliphatic carbocycles. The number of likely N-dealkylation sites (tertiary alicyclic amines) is 2. The van der Waals surface area contributed by atoms with E-state index in [-0.39, 0.29) is 0 Å². The van der Waals surface area contributed by atoms with E-state index in [1.54, 1.807) is 0 Å². The van der Waals surface area contributed by atoms with Gasteiger partial charge in [-0.2, -0.15) is 0 Å². The van der Waals surface area contributed by atoms with Crippen molar-refractivity contribution in [3.63, 3.8) is 0 Å². The molecule has 2 atom stereocenters. The summed E-state index contributed by atoms with van der Waals surface area (Å²) in [6.45, 7) is 12.0. The summed E-state index contributed by atoms with van der Waals surface area (Å²) >= 11 is 0. The van der Waals surface area contributed by atoms with E-state index in [0.29, 0.717) is 0 Å². The molecule has 0 aromatic rings. The summed E-state index contributed by atoms with van der Waals surface area (Å²) in [5.41, 5.74) is 0. The number of quaternary nitrogens is 2. The van der Waals surface area contributed by atoms with Crippen LogP contribution >= 0.6 is 0 Å². The molecule has 2 heterocycles. The van der Waals surface area contributed by atoms with E-state index in [0.717, 1.165) is 12.0 Å². The topological polar surface area (TPSA) is 0 Å². The SMILES string of the molecule is CC[N+]1(C(C)C2CC[N+](C)(C)C2)CCCC1. The van der Waals surface area contributed by atoms with Gasteiger partial charge in [-0.3, -0.25) is 0 Å². The number of nitrogens with zero attached hydrogens (tertiary/aromatic N) is 2. The van der Waals surface area contributed by atoms with E-state index in [1.165, 1.54) is 61.0 Å². The van der Waals surface area contributed by atoms with Gasteiger partial charge in [-0.05, 0) is 13.8 Å². The van der Waals surface area contributed by atoms with Gasteiger partial charge in [-0.25, -0.2) is 0 Å². The normalized spacial score (nSPS) is 34.1. The quantitative estimate of drug-likeness (QED) is 0.647. The first-order valence-electron chi connectivity index (χ1n) is 7.17. The van der Waals surface area contributed by atoms with Gasteiger partial charge in [-0.1, -0.05) is 0 Å². The highest BCUT2D eigenvalue weighted by molar-refractivity contribution is 4.74. The molecular weight excluding hydrogens is 196 g/mol. The molecule has 2 nitrogen and oxygen atoms in total. The molecule has 0 N–H and O–H groups in total. The van der Waals surface area contributed by atoms with Crippen molar-refractivity contribution in [1.82, 2.24) is 0 Å². The van der Waals surface area contributed by atoms with Gasteiger partial charge in [0, 0.05) is 19.3 Å². The fourth-order valence-corrected chi connectivity index (χ4v) is 4.15. The first-order chi connectivity index (χ1) is 7.49. The monoisotopic (exact) mass is 226 g/mol. The predicted molar refractivity (Wildman–Crippen MR) is 69.2 cm³/mol. The van der Waals surface area contributed by atoms with Gasteiger partial charge < -0.3 is 8.97 Å². The molecule has 2 rings (SSSR count). The molecule has 0 saturated carbocycles. The lowest BCUT2D eigenvalue weighted by Crippen LogP contribution is -2.55.